The van der Waals surface area contributed by atoms with E-state index in [0.717, 1.165) is 22.4 Å². The Hall–Kier alpha value is -2.92. The van der Waals surface area contributed by atoms with Crippen molar-refractivity contribution in [3.05, 3.63) is 65.9 Å². The van der Waals surface area contributed by atoms with Crippen molar-refractivity contribution in [1.29, 1.82) is 0 Å². The third-order valence-corrected chi connectivity index (χ3v) is 4.07. The van der Waals surface area contributed by atoms with E-state index in [4.69, 9.17) is 9.15 Å². The van der Waals surface area contributed by atoms with Crippen molar-refractivity contribution in [2.45, 2.75) is 39.8 Å². The number of hydrogen-bond donors (Lipinski definition) is 1. The number of rotatable bonds is 6. The first-order valence-corrected chi connectivity index (χ1v) is 9.35. The van der Waals surface area contributed by atoms with Gasteiger partial charge in [0.1, 0.15) is 17.6 Å². The van der Waals surface area contributed by atoms with Gasteiger partial charge < -0.3 is 14.5 Å². The molecule has 0 spiro atoms. The van der Waals surface area contributed by atoms with Gasteiger partial charge in [-0.1, -0.05) is 42.0 Å². The lowest BCUT2D eigenvalue weighted by Gasteiger charge is -2.19. The predicted octanol–water partition coefficient (Wildman–Crippen LogP) is 4.75. The van der Waals surface area contributed by atoms with E-state index in [1.165, 1.54) is 5.56 Å². The Bertz CT molecular complexity index is 920. The first kappa shape index (κ1) is 19.8. The smallest absolute Gasteiger partial charge is 0.320 e. The van der Waals surface area contributed by atoms with Crippen LogP contribution < -0.4 is 5.32 Å². The van der Waals surface area contributed by atoms with Crippen LogP contribution in [-0.2, 0) is 16.1 Å². The summed E-state index contributed by atoms with van der Waals surface area (Å²) in [5.41, 5.74) is 4.55. The number of esters is 1. The highest BCUT2D eigenvalue weighted by atomic mass is 16.6. The van der Waals surface area contributed by atoms with Crippen LogP contribution in [0.25, 0.3) is 22.7 Å². The summed E-state index contributed by atoms with van der Waals surface area (Å²) in [4.78, 5) is 16.3. The molecule has 0 unspecified atom stereocenters. The standard InChI is InChI=1S/C23H26N2O3/c1-16-5-9-19(10-6-16)22-25-20(15-27-22)18-11-7-17(8-12-18)13-24-14-21(26)28-23(2,3)4/h5-12,15,24H,13-14H2,1-4H3. The number of carbonyl (C=O) groups is 1. The van der Waals surface area contributed by atoms with E-state index in [0.29, 0.717) is 12.4 Å². The molecule has 3 aromatic rings. The first-order valence-electron chi connectivity index (χ1n) is 9.35. The molecule has 2 aromatic carbocycles. The number of ether oxygens (including phenoxy) is 1. The van der Waals surface area contributed by atoms with E-state index in [9.17, 15) is 4.79 Å². The fraction of sp³-hybridized carbons (Fsp3) is 0.304. The number of aromatic nitrogens is 1. The highest BCUT2D eigenvalue weighted by molar-refractivity contribution is 5.72. The number of oxazole rings is 1. The maximum Gasteiger partial charge on any atom is 0.320 e. The fourth-order valence-corrected chi connectivity index (χ4v) is 2.71. The molecule has 0 fully saturated rings. The Morgan fingerprint density at radius 3 is 2.32 bits per heavy atom. The molecular formula is C23H26N2O3. The van der Waals surface area contributed by atoms with Crippen molar-refractivity contribution in [3.63, 3.8) is 0 Å². The lowest BCUT2D eigenvalue weighted by atomic mass is 10.1. The number of nitrogens with zero attached hydrogens (tertiary/aromatic N) is 1. The Kier molecular flexibility index (Phi) is 5.95. The molecule has 5 nitrogen and oxygen atoms in total. The van der Waals surface area contributed by atoms with Crippen molar-refractivity contribution in [2.75, 3.05) is 6.54 Å². The quantitative estimate of drug-likeness (QED) is 0.627. The molecule has 28 heavy (non-hydrogen) atoms. The largest absolute Gasteiger partial charge is 0.459 e. The van der Waals surface area contributed by atoms with Gasteiger partial charge in [0.05, 0.1) is 6.54 Å². The summed E-state index contributed by atoms with van der Waals surface area (Å²) >= 11 is 0. The second-order valence-electron chi connectivity index (χ2n) is 7.79. The topological polar surface area (TPSA) is 64.4 Å². The molecule has 0 atom stereocenters. The summed E-state index contributed by atoms with van der Waals surface area (Å²) in [6.45, 7) is 8.40. The minimum absolute atomic E-state index is 0.183. The average molecular weight is 378 g/mol. The number of aryl methyl sites for hydroxylation is 1. The molecule has 0 aliphatic carbocycles. The third kappa shape index (κ3) is 5.54. The molecule has 1 N–H and O–H groups in total. The van der Waals surface area contributed by atoms with Crippen LogP contribution in [-0.4, -0.2) is 23.1 Å². The van der Waals surface area contributed by atoms with Gasteiger partial charge in [0.2, 0.25) is 5.89 Å². The van der Waals surface area contributed by atoms with Crippen molar-refractivity contribution in [1.82, 2.24) is 10.3 Å². The highest BCUT2D eigenvalue weighted by Crippen LogP contribution is 2.25. The minimum atomic E-state index is -0.463. The van der Waals surface area contributed by atoms with Gasteiger partial charge in [-0.2, -0.15) is 0 Å². The van der Waals surface area contributed by atoms with Crippen molar-refractivity contribution in [3.8, 4) is 22.7 Å². The summed E-state index contributed by atoms with van der Waals surface area (Å²) < 4.78 is 10.9. The Morgan fingerprint density at radius 2 is 1.68 bits per heavy atom. The van der Waals surface area contributed by atoms with Gasteiger partial charge >= 0.3 is 5.97 Å². The average Bonchev–Trinajstić information content (AvgIpc) is 3.11. The van der Waals surface area contributed by atoms with Crippen LogP contribution in [0, 0.1) is 6.92 Å². The molecule has 1 aromatic heterocycles. The summed E-state index contributed by atoms with van der Waals surface area (Å²) in [6.07, 6.45) is 1.67. The molecule has 0 saturated carbocycles. The maximum atomic E-state index is 11.7. The summed E-state index contributed by atoms with van der Waals surface area (Å²) in [5.74, 6) is 0.355. The zero-order valence-corrected chi connectivity index (χ0v) is 16.8. The van der Waals surface area contributed by atoms with Gasteiger partial charge in [0.25, 0.3) is 0 Å². The van der Waals surface area contributed by atoms with Crippen LogP contribution in [0.15, 0.2) is 59.2 Å². The van der Waals surface area contributed by atoms with Crippen LogP contribution in [0.2, 0.25) is 0 Å². The summed E-state index contributed by atoms with van der Waals surface area (Å²) in [7, 11) is 0. The van der Waals surface area contributed by atoms with E-state index in [1.54, 1.807) is 6.26 Å². The second kappa shape index (κ2) is 8.40. The van der Waals surface area contributed by atoms with E-state index in [2.05, 4.69) is 17.2 Å². The summed E-state index contributed by atoms with van der Waals surface area (Å²) in [6, 6.07) is 16.1. The van der Waals surface area contributed by atoms with Crippen molar-refractivity contribution < 1.29 is 13.9 Å². The number of hydrogen-bond acceptors (Lipinski definition) is 5. The van der Waals surface area contributed by atoms with Gasteiger partial charge in [-0.05, 0) is 45.4 Å². The molecule has 0 radical (unpaired) electrons. The normalized spacial score (nSPS) is 11.4. The Morgan fingerprint density at radius 1 is 1.04 bits per heavy atom. The fourth-order valence-electron chi connectivity index (χ4n) is 2.71. The van der Waals surface area contributed by atoms with Gasteiger partial charge in [0, 0.05) is 17.7 Å². The van der Waals surface area contributed by atoms with Gasteiger partial charge in [-0.25, -0.2) is 4.98 Å². The van der Waals surface area contributed by atoms with E-state index in [-0.39, 0.29) is 12.5 Å². The predicted molar refractivity (Wildman–Crippen MR) is 110 cm³/mol. The molecule has 0 aliphatic rings. The lowest BCUT2D eigenvalue weighted by molar-refractivity contribution is -0.153. The Labute approximate surface area is 165 Å². The zero-order chi connectivity index (χ0) is 20.1. The lowest BCUT2D eigenvalue weighted by Crippen LogP contribution is -2.31. The molecule has 146 valence electrons. The second-order valence-corrected chi connectivity index (χ2v) is 7.79. The molecule has 1 heterocycles. The van der Waals surface area contributed by atoms with Crippen molar-refractivity contribution in [2.24, 2.45) is 0 Å². The number of nitrogens with one attached hydrogen (secondary N) is 1. The Balaban J connectivity index is 1.57. The third-order valence-electron chi connectivity index (χ3n) is 4.07. The van der Waals surface area contributed by atoms with Crippen molar-refractivity contribution >= 4 is 5.97 Å². The molecule has 3 rings (SSSR count). The van der Waals surface area contributed by atoms with Gasteiger partial charge in [0.15, 0.2) is 0 Å². The molecule has 0 bridgehead atoms. The van der Waals surface area contributed by atoms with Crippen LogP contribution in [0.1, 0.15) is 31.9 Å². The first-order chi connectivity index (χ1) is 13.3. The van der Waals surface area contributed by atoms with Gasteiger partial charge in [-0.15, -0.1) is 0 Å². The van der Waals surface area contributed by atoms with E-state index in [1.807, 2.05) is 69.3 Å². The minimum Gasteiger partial charge on any atom is -0.459 e. The highest BCUT2D eigenvalue weighted by Gasteiger charge is 2.15. The number of carbonyl (C=O) groups excluding carboxylic acids is 1. The van der Waals surface area contributed by atoms with Crippen LogP contribution >= 0.6 is 0 Å². The van der Waals surface area contributed by atoms with Crippen LogP contribution in [0.5, 0.6) is 0 Å². The van der Waals surface area contributed by atoms with E-state index < -0.39 is 5.60 Å². The molecule has 0 amide bonds. The van der Waals surface area contributed by atoms with E-state index >= 15 is 0 Å². The summed E-state index contributed by atoms with van der Waals surface area (Å²) in [5, 5.41) is 3.10. The van der Waals surface area contributed by atoms with Gasteiger partial charge in [-0.3, -0.25) is 4.79 Å². The monoisotopic (exact) mass is 378 g/mol. The molecule has 0 saturated heterocycles. The SMILES string of the molecule is Cc1ccc(-c2nc(-c3ccc(CNCC(=O)OC(C)(C)C)cc3)co2)cc1. The molecule has 0 aliphatic heterocycles. The van der Waals surface area contributed by atoms with Crippen LogP contribution in [0.4, 0.5) is 0 Å². The van der Waals surface area contributed by atoms with Crippen LogP contribution in [0.3, 0.4) is 0 Å². The molecular weight excluding hydrogens is 352 g/mol. The maximum absolute atomic E-state index is 11.7. The molecule has 5 heteroatoms. The zero-order valence-electron chi connectivity index (χ0n) is 16.8. The number of benzene rings is 2.